The van der Waals surface area contributed by atoms with Crippen LogP contribution in [0.1, 0.15) is 36.0 Å². The maximum Gasteiger partial charge on any atom is 0.255 e. The summed E-state index contributed by atoms with van der Waals surface area (Å²) in [6.45, 7) is 0.914. The maximum absolute atomic E-state index is 12.5. The van der Waals surface area contributed by atoms with E-state index in [1.807, 2.05) is 4.90 Å². The Labute approximate surface area is 118 Å². The number of carbonyl (C=O) groups excluding carboxylic acids is 1. The first kappa shape index (κ1) is 14.2. The molecule has 5 heteroatoms. The van der Waals surface area contributed by atoms with Gasteiger partial charge in [-0.05, 0) is 43.9 Å². The van der Waals surface area contributed by atoms with Crippen molar-refractivity contribution in [3.05, 3.63) is 28.8 Å². The largest absolute Gasteiger partial charge is 0.399 e. The minimum Gasteiger partial charge on any atom is -0.399 e. The summed E-state index contributed by atoms with van der Waals surface area (Å²) in [7, 11) is 0. The molecule has 0 aliphatic carbocycles. The van der Waals surface area contributed by atoms with Gasteiger partial charge in [-0.3, -0.25) is 4.79 Å². The van der Waals surface area contributed by atoms with Crippen molar-refractivity contribution < 1.29 is 9.90 Å². The number of benzene rings is 1. The summed E-state index contributed by atoms with van der Waals surface area (Å²) in [5.74, 6) is -0.0576. The zero-order chi connectivity index (χ0) is 13.8. The van der Waals surface area contributed by atoms with Gasteiger partial charge < -0.3 is 15.7 Å². The maximum atomic E-state index is 12.5. The molecule has 1 saturated heterocycles. The van der Waals surface area contributed by atoms with Crippen molar-refractivity contribution in [1.29, 1.82) is 0 Å². The lowest BCUT2D eigenvalue weighted by molar-refractivity contribution is 0.0724. The van der Waals surface area contributed by atoms with Gasteiger partial charge >= 0.3 is 0 Å². The Kier molecular flexibility index (Phi) is 4.66. The van der Waals surface area contributed by atoms with Crippen molar-refractivity contribution in [2.75, 3.05) is 18.9 Å². The number of likely N-dealkylation sites (tertiary alicyclic amines) is 1. The zero-order valence-electron chi connectivity index (χ0n) is 10.8. The molecular weight excluding hydrogens is 264 g/mol. The molecule has 0 bridgehead atoms. The van der Waals surface area contributed by atoms with Crippen LogP contribution in [0.3, 0.4) is 0 Å². The fourth-order valence-corrected chi connectivity index (χ4v) is 2.79. The van der Waals surface area contributed by atoms with Gasteiger partial charge in [-0.25, -0.2) is 0 Å². The van der Waals surface area contributed by atoms with Crippen LogP contribution in [-0.2, 0) is 0 Å². The average molecular weight is 283 g/mol. The van der Waals surface area contributed by atoms with Crippen LogP contribution in [0.25, 0.3) is 0 Å². The Morgan fingerprint density at radius 2 is 2.32 bits per heavy atom. The smallest absolute Gasteiger partial charge is 0.255 e. The van der Waals surface area contributed by atoms with Gasteiger partial charge in [-0.15, -0.1) is 0 Å². The van der Waals surface area contributed by atoms with E-state index in [0.29, 0.717) is 16.3 Å². The number of anilines is 1. The molecule has 0 saturated carbocycles. The van der Waals surface area contributed by atoms with Gasteiger partial charge in [0.2, 0.25) is 0 Å². The molecule has 1 atom stereocenters. The summed E-state index contributed by atoms with van der Waals surface area (Å²) >= 11 is 6.08. The third-order valence-electron chi connectivity index (χ3n) is 3.55. The van der Waals surface area contributed by atoms with E-state index >= 15 is 0 Å². The molecule has 1 unspecified atom stereocenters. The number of carbonyl (C=O) groups is 1. The Hall–Kier alpha value is -1.26. The number of nitrogens with zero attached hydrogens (tertiary/aromatic N) is 1. The van der Waals surface area contributed by atoms with Gasteiger partial charge in [0.25, 0.3) is 5.91 Å². The van der Waals surface area contributed by atoms with Crippen molar-refractivity contribution in [3.8, 4) is 0 Å². The van der Waals surface area contributed by atoms with E-state index in [0.717, 1.165) is 32.2 Å². The molecule has 1 aliphatic heterocycles. The molecule has 1 heterocycles. The Morgan fingerprint density at radius 3 is 3.05 bits per heavy atom. The normalized spacial score (nSPS) is 18.8. The van der Waals surface area contributed by atoms with E-state index in [1.165, 1.54) is 0 Å². The number of rotatable bonds is 4. The molecule has 1 aliphatic rings. The second kappa shape index (κ2) is 6.26. The number of aliphatic hydroxyl groups excluding tert-OH is 1. The standard InChI is InChI=1S/C14H19ClN2O2/c15-13-6-5-10(16)9-12(13)14(19)17-7-1-3-11(17)4-2-8-18/h5-6,9,11,18H,1-4,7-8,16H2. The van der Waals surface area contributed by atoms with Gasteiger partial charge in [-0.2, -0.15) is 0 Å². The van der Waals surface area contributed by atoms with E-state index in [2.05, 4.69) is 0 Å². The summed E-state index contributed by atoms with van der Waals surface area (Å²) in [6.07, 6.45) is 3.55. The van der Waals surface area contributed by atoms with Crippen LogP contribution in [0, 0.1) is 0 Å². The molecule has 1 aromatic carbocycles. The van der Waals surface area contributed by atoms with Crippen molar-refractivity contribution >= 4 is 23.2 Å². The quantitative estimate of drug-likeness (QED) is 0.833. The summed E-state index contributed by atoms with van der Waals surface area (Å²) < 4.78 is 0. The number of halogens is 1. The molecule has 0 radical (unpaired) electrons. The Morgan fingerprint density at radius 1 is 1.53 bits per heavy atom. The molecule has 2 rings (SSSR count). The van der Waals surface area contributed by atoms with Crippen molar-refractivity contribution in [2.45, 2.75) is 31.7 Å². The van der Waals surface area contributed by atoms with Crippen molar-refractivity contribution in [2.24, 2.45) is 0 Å². The zero-order valence-corrected chi connectivity index (χ0v) is 11.6. The fraction of sp³-hybridized carbons (Fsp3) is 0.500. The van der Waals surface area contributed by atoms with Crippen LogP contribution in [0.2, 0.25) is 5.02 Å². The molecule has 4 nitrogen and oxygen atoms in total. The van der Waals surface area contributed by atoms with Crippen molar-refractivity contribution in [1.82, 2.24) is 4.90 Å². The van der Waals surface area contributed by atoms with Crippen molar-refractivity contribution in [3.63, 3.8) is 0 Å². The Bertz CT molecular complexity index is 465. The second-order valence-electron chi connectivity index (χ2n) is 4.90. The number of amides is 1. The third kappa shape index (κ3) is 3.19. The molecule has 19 heavy (non-hydrogen) atoms. The predicted octanol–water partition coefficient (Wildman–Crippen LogP) is 2.30. The number of aliphatic hydroxyl groups is 1. The molecule has 0 spiro atoms. The first-order valence-corrected chi connectivity index (χ1v) is 6.98. The molecule has 1 fully saturated rings. The Balaban J connectivity index is 2.16. The third-order valence-corrected chi connectivity index (χ3v) is 3.88. The van der Waals surface area contributed by atoms with Gasteiger partial charge in [0.1, 0.15) is 0 Å². The lowest BCUT2D eigenvalue weighted by atomic mass is 10.1. The highest BCUT2D eigenvalue weighted by atomic mass is 35.5. The minimum atomic E-state index is -0.0576. The van der Waals surface area contributed by atoms with E-state index in [1.54, 1.807) is 18.2 Å². The van der Waals surface area contributed by atoms with Crippen LogP contribution < -0.4 is 5.73 Å². The van der Waals surface area contributed by atoms with E-state index in [9.17, 15) is 4.79 Å². The first-order chi connectivity index (χ1) is 9.13. The lowest BCUT2D eigenvalue weighted by Crippen LogP contribution is -2.35. The van der Waals surface area contributed by atoms with Crippen LogP contribution in [-0.4, -0.2) is 35.1 Å². The summed E-state index contributed by atoms with van der Waals surface area (Å²) in [5, 5.41) is 9.34. The molecule has 104 valence electrons. The highest BCUT2D eigenvalue weighted by molar-refractivity contribution is 6.34. The van der Waals surface area contributed by atoms with Crippen LogP contribution >= 0.6 is 11.6 Å². The highest BCUT2D eigenvalue weighted by Gasteiger charge is 2.29. The molecule has 3 N–H and O–H groups in total. The SMILES string of the molecule is Nc1ccc(Cl)c(C(=O)N2CCCC2CCCO)c1. The topological polar surface area (TPSA) is 66.6 Å². The van der Waals surface area contributed by atoms with E-state index < -0.39 is 0 Å². The summed E-state index contributed by atoms with van der Waals surface area (Å²) in [5.41, 5.74) is 6.73. The van der Waals surface area contributed by atoms with Crippen LogP contribution in [0.4, 0.5) is 5.69 Å². The lowest BCUT2D eigenvalue weighted by Gasteiger charge is -2.25. The minimum absolute atomic E-state index is 0.0576. The van der Waals surface area contributed by atoms with E-state index in [4.69, 9.17) is 22.4 Å². The van der Waals surface area contributed by atoms with Crippen LogP contribution in [0.15, 0.2) is 18.2 Å². The fourth-order valence-electron chi connectivity index (χ4n) is 2.59. The van der Waals surface area contributed by atoms with Gasteiger partial charge in [0.15, 0.2) is 0 Å². The highest BCUT2D eigenvalue weighted by Crippen LogP contribution is 2.27. The number of hydrogen-bond acceptors (Lipinski definition) is 3. The first-order valence-electron chi connectivity index (χ1n) is 6.60. The van der Waals surface area contributed by atoms with Gasteiger partial charge in [-0.1, -0.05) is 11.6 Å². The number of hydrogen-bond donors (Lipinski definition) is 2. The molecule has 1 amide bonds. The van der Waals surface area contributed by atoms with E-state index in [-0.39, 0.29) is 18.6 Å². The summed E-state index contributed by atoms with van der Waals surface area (Å²) in [6, 6.07) is 5.18. The monoisotopic (exact) mass is 282 g/mol. The molecule has 0 aromatic heterocycles. The van der Waals surface area contributed by atoms with Gasteiger partial charge in [0.05, 0.1) is 10.6 Å². The number of nitrogen functional groups attached to an aromatic ring is 1. The second-order valence-corrected chi connectivity index (χ2v) is 5.31. The predicted molar refractivity (Wildman–Crippen MR) is 76.2 cm³/mol. The molecule has 1 aromatic rings. The number of nitrogens with two attached hydrogens (primary N) is 1. The summed E-state index contributed by atoms with van der Waals surface area (Å²) in [4.78, 5) is 14.4. The van der Waals surface area contributed by atoms with Crippen LogP contribution in [0.5, 0.6) is 0 Å². The average Bonchev–Trinajstić information content (AvgIpc) is 2.86. The molecular formula is C14H19ClN2O2. The van der Waals surface area contributed by atoms with Gasteiger partial charge in [0, 0.05) is 24.9 Å².